The summed E-state index contributed by atoms with van der Waals surface area (Å²) in [6.07, 6.45) is 10.8. The molecule has 4 rings (SSSR count). The molecule has 152 valence electrons. The van der Waals surface area contributed by atoms with Gasteiger partial charge in [-0.15, -0.1) is 23.5 Å². The van der Waals surface area contributed by atoms with Crippen molar-refractivity contribution in [3.63, 3.8) is 0 Å². The van der Waals surface area contributed by atoms with Gasteiger partial charge in [0, 0.05) is 11.8 Å². The molecule has 0 amide bonds. The molecule has 6 unspecified atom stereocenters. The van der Waals surface area contributed by atoms with E-state index in [1.54, 1.807) is 0 Å². The predicted octanol–water partition coefficient (Wildman–Crippen LogP) is 6.95. The maximum absolute atomic E-state index is 6.01. The Bertz CT molecular complexity index is 408. The molecule has 0 radical (unpaired) electrons. The van der Waals surface area contributed by atoms with Crippen molar-refractivity contribution in [2.24, 2.45) is 23.7 Å². The van der Waals surface area contributed by atoms with Crippen LogP contribution in [-0.4, -0.2) is 39.3 Å². The maximum Gasteiger partial charge on any atom is 0.0641 e. The average Bonchev–Trinajstić information content (AvgIpc) is 3.36. The molecule has 1 nitrogen and oxygen atoms in total. The van der Waals surface area contributed by atoms with E-state index in [9.17, 15) is 0 Å². The molecule has 3 saturated heterocycles. The number of hydrogen-bond donors (Lipinski definition) is 0. The highest BCUT2D eigenvalue weighted by Gasteiger charge is 2.47. The van der Waals surface area contributed by atoms with Crippen molar-refractivity contribution in [3.05, 3.63) is 0 Å². The van der Waals surface area contributed by atoms with Crippen molar-refractivity contribution < 1.29 is 4.74 Å². The molecule has 4 heteroatoms. The highest BCUT2D eigenvalue weighted by Crippen LogP contribution is 2.59. The van der Waals surface area contributed by atoms with E-state index in [0.29, 0.717) is 16.3 Å². The van der Waals surface area contributed by atoms with E-state index in [0.717, 1.165) is 23.7 Å². The summed E-state index contributed by atoms with van der Waals surface area (Å²) < 4.78 is 6.66. The van der Waals surface area contributed by atoms with Gasteiger partial charge in [0.2, 0.25) is 0 Å². The molecule has 26 heavy (non-hydrogen) atoms. The minimum Gasteiger partial charge on any atom is -0.374 e. The summed E-state index contributed by atoms with van der Waals surface area (Å²) in [5.74, 6) is 9.31. The largest absolute Gasteiger partial charge is 0.374 e. The summed E-state index contributed by atoms with van der Waals surface area (Å²) in [7, 11) is 0. The molecular formula is C22H40OS3. The molecule has 3 aliphatic heterocycles. The molecule has 1 spiro atoms. The lowest BCUT2D eigenvalue weighted by molar-refractivity contribution is 0.0272. The molecule has 4 fully saturated rings. The second kappa shape index (κ2) is 10.2. The number of thioether (sulfide) groups is 3. The molecule has 0 aromatic heterocycles. The van der Waals surface area contributed by atoms with E-state index in [4.69, 9.17) is 4.74 Å². The van der Waals surface area contributed by atoms with Gasteiger partial charge in [-0.1, -0.05) is 40.5 Å². The van der Waals surface area contributed by atoms with Crippen LogP contribution < -0.4 is 0 Å². The summed E-state index contributed by atoms with van der Waals surface area (Å²) in [6.45, 7) is 9.26. The van der Waals surface area contributed by atoms with Gasteiger partial charge in [0.05, 0.1) is 16.3 Å². The molecular weight excluding hydrogens is 376 g/mol. The highest BCUT2D eigenvalue weighted by atomic mass is 32.2. The summed E-state index contributed by atoms with van der Waals surface area (Å²) in [5, 5.41) is 0. The lowest BCUT2D eigenvalue weighted by Gasteiger charge is -2.37. The molecule has 0 aromatic rings. The van der Waals surface area contributed by atoms with Crippen LogP contribution in [0, 0.1) is 23.7 Å². The van der Waals surface area contributed by atoms with Crippen LogP contribution in [0.3, 0.4) is 0 Å². The van der Waals surface area contributed by atoms with Crippen molar-refractivity contribution in [1.82, 2.24) is 0 Å². The predicted molar refractivity (Wildman–Crippen MR) is 123 cm³/mol. The second-order valence-corrected chi connectivity index (χ2v) is 12.8. The summed E-state index contributed by atoms with van der Waals surface area (Å²) in [5.41, 5.74) is 0. The zero-order valence-corrected chi connectivity index (χ0v) is 19.8. The monoisotopic (exact) mass is 416 g/mol. The van der Waals surface area contributed by atoms with Gasteiger partial charge in [0.1, 0.15) is 0 Å². The highest BCUT2D eigenvalue weighted by molar-refractivity contribution is 8.18. The van der Waals surface area contributed by atoms with E-state index in [1.165, 1.54) is 68.0 Å². The average molecular weight is 417 g/mol. The zero-order valence-electron chi connectivity index (χ0n) is 17.4. The van der Waals surface area contributed by atoms with E-state index in [2.05, 4.69) is 63.0 Å². The normalized spacial score (nSPS) is 41.1. The first kappa shape index (κ1) is 21.7. The Kier molecular flexibility index (Phi) is 8.49. The van der Waals surface area contributed by atoms with Crippen LogP contribution in [0.25, 0.3) is 0 Å². The molecule has 1 aliphatic carbocycles. The first-order valence-corrected chi connectivity index (χ1v) is 14.3. The summed E-state index contributed by atoms with van der Waals surface area (Å²) >= 11 is 6.70. The SMILES string of the molecule is CCC1CC(CC)C2(C1)SCCCS2.CCC1OC(CC)C2CSCC12. The molecule has 0 bridgehead atoms. The Morgan fingerprint density at radius 1 is 0.846 bits per heavy atom. The third kappa shape index (κ3) is 4.60. The van der Waals surface area contributed by atoms with Gasteiger partial charge >= 0.3 is 0 Å². The smallest absolute Gasteiger partial charge is 0.0641 e. The van der Waals surface area contributed by atoms with Gasteiger partial charge in [0.15, 0.2) is 0 Å². The second-order valence-electron chi connectivity index (χ2n) is 8.58. The number of rotatable bonds is 4. The fraction of sp³-hybridized carbons (Fsp3) is 1.00. The van der Waals surface area contributed by atoms with Gasteiger partial charge < -0.3 is 4.74 Å². The molecule has 4 aliphatic rings. The lowest BCUT2D eigenvalue weighted by atomic mass is 9.89. The Morgan fingerprint density at radius 2 is 1.46 bits per heavy atom. The third-order valence-electron chi connectivity index (χ3n) is 7.14. The Morgan fingerprint density at radius 3 is 1.96 bits per heavy atom. The van der Waals surface area contributed by atoms with Crippen LogP contribution in [-0.2, 0) is 4.74 Å². The first-order valence-electron chi connectivity index (χ1n) is 11.2. The molecule has 3 heterocycles. The van der Waals surface area contributed by atoms with Crippen LogP contribution >= 0.6 is 35.3 Å². The number of ether oxygens (including phenoxy) is 1. The minimum absolute atomic E-state index is 0.579. The zero-order chi connectivity index (χ0) is 18.6. The Balaban J connectivity index is 0.000000152. The van der Waals surface area contributed by atoms with Crippen LogP contribution in [0.2, 0.25) is 0 Å². The van der Waals surface area contributed by atoms with E-state index in [1.807, 2.05) is 0 Å². The summed E-state index contributed by atoms with van der Waals surface area (Å²) in [6, 6.07) is 0. The Labute approximate surface area is 175 Å². The third-order valence-corrected chi connectivity index (χ3v) is 12.1. The number of fused-ring (bicyclic) bond motifs is 1. The quantitative estimate of drug-likeness (QED) is 0.490. The fourth-order valence-corrected chi connectivity index (χ4v) is 11.1. The van der Waals surface area contributed by atoms with Gasteiger partial charge in [-0.2, -0.15) is 11.8 Å². The van der Waals surface area contributed by atoms with Gasteiger partial charge in [-0.3, -0.25) is 0 Å². The topological polar surface area (TPSA) is 9.23 Å². The maximum atomic E-state index is 6.01. The van der Waals surface area contributed by atoms with E-state index < -0.39 is 0 Å². The van der Waals surface area contributed by atoms with Gasteiger partial charge in [-0.25, -0.2) is 0 Å². The Hall–Kier alpha value is 1.01. The molecule has 0 aromatic carbocycles. The van der Waals surface area contributed by atoms with Crippen LogP contribution in [0.4, 0.5) is 0 Å². The number of hydrogen-bond acceptors (Lipinski definition) is 4. The van der Waals surface area contributed by atoms with Crippen molar-refractivity contribution in [3.8, 4) is 0 Å². The lowest BCUT2D eigenvalue weighted by Crippen LogP contribution is -2.29. The van der Waals surface area contributed by atoms with Crippen molar-refractivity contribution >= 4 is 35.3 Å². The van der Waals surface area contributed by atoms with Crippen molar-refractivity contribution in [2.75, 3.05) is 23.0 Å². The van der Waals surface area contributed by atoms with Crippen LogP contribution in [0.1, 0.15) is 72.6 Å². The van der Waals surface area contributed by atoms with E-state index >= 15 is 0 Å². The summed E-state index contributed by atoms with van der Waals surface area (Å²) in [4.78, 5) is 0. The molecule has 0 N–H and O–H groups in total. The van der Waals surface area contributed by atoms with Crippen LogP contribution in [0.15, 0.2) is 0 Å². The van der Waals surface area contributed by atoms with Crippen molar-refractivity contribution in [1.29, 1.82) is 0 Å². The van der Waals surface area contributed by atoms with Crippen LogP contribution in [0.5, 0.6) is 0 Å². The molecule has 6 atom stereocenters. The first-order chi connectivity index (χ1) is 12.7. The van der Waals surface area contributed by atoms with Crippen molar-refractivity contribution in [2.45, 2.75) is 88.9 Å². The minimum atomic E-state index is 0.579. The fourth-order valence-electron chi connectivity index (χ4n) is 5.54. The van der Waals surface area contributed by atoms with Gasteiger partial charge in [-0.05, 0) is 67.0 Å². The van der Waals surface area contributed by atoms with E-state index in [-0.39, 0.29) is 0 Å². The molecule has 1 saturated carbocycles. The standard InChI is InChI=1S/C12H22S2.C10H18OS/c1-3-10-8-11(4-2)12(9-10)13-6-5-7-14-12;1-3-9-7-5-12-6-8(7)10(4-2)11-9/h10-11H,3-9H2,1-2H3;7-10H,3-6H2,1-2H3. The van der Waals surface area contributed by atoms with Gasteiger partial charge in [0.25, 0.3) is 0 Å².